The molecular weight excluding hydrogens is 256 g/mol. The minimum Gasteiger partial charge on any atom is -0.497 e. The zero-order valence-electron chi connectivity index (χ0n) is 11.9. The summed E-state index contributed by atoms with van der Waals surface area (Å²) in [6.07, 6.45) is 0.301. The third-order valence-corrected chi connectivity index (χ3v) is 3.01. The molecule has 0 bridgehead atoms. The fourth-order valence-electron chi connectivity index (χ4n) is 1.82. The summed E-state index contributed by atoms with van der Waals surface area (Å²) in [5, 5.41) is 2.79. The third-order valence-electron chi connectivity index (χ3n) is 3.01. The highest BCUT2D eigenvalue weighted by molar-refractivity contribution is 5.78. The summed E-state index contributed by atoms with van der Waals surface area (Å²) >= 11 is 0. The molecule has 1 heterocycles. The average Bonchev–Trinajstić information content (AvgIpc) is 2.76. The van der Waals surface area contributed by atoms with Crippen molar-refractivity contribution in [1.82, 2.24) is 10.3 Å². The number of nitrogens with zero attached hydrogens (tertiary/aromatic N) is 1. The second kappa shape index (κ2) is 6.23. The van der Waals surface area contributed by atoms with Gasteiger partial charge in [0, 0.05) is 0 Å². The zero-order chi connectivity index (χ0) is 14.5. The second-order valence-corrected chi connectivity index (χ2v) is 4.55. The molecule has 106 valence electrons. The monoisotopic (exact) mass is 274 g/mol. The van der Waals surface area contributed by atoms with Crippen molar-refractivity contribution in [2.45, 2.75) is 26.8 Å². The number of aromatic nitrogens is 1. The molecule has 0 aliphatic carbocycles. The molecule has 0 radical (unpaired) electrons. The standard InChI is InChI=1S/C15H18N2O3/c1-10-11(2)20-15(17-10)9-16-14(18)8-12-5-4-6-13(7-12)19-3/h4-7H,8-9H2,1-3H3,(H,16,18). The van der Waals surface area contributed by atoms with Gasteiger partial charge in [-0.15, -0.1) is 0 Å². The van der Waals surface area contributed by atoms with Crippen molar-refractivity contribution >= 4 is 5.91 Å². The molecule has 1 amide bonds. The number of benzene rings is 1. The van der Waals surface area contributed by atoms with Gasteiger partial charge in [-0.1, -0.05) is 12.1 Å². The zero-order valence-corrected chi connectivity index (χ0v) is 11.9. The van der Waals surface area contributed by atoms with Gasteiger partial charge in [-0.25, -0.2) is 4.98 Å². The van der Waals surface area contributed by atoms with E-state index in [2.05, 4.69) is 10.3 Å². The first-order valence-corrected chi connectivity index (χ1v) is 6.41. The van der Waals surface area contributed by atoms with Crippen molar-refractivity contribution in [3.63, 3.8) is 0 Å². The first-order chi connectivity index (χ1) is 9.58. The van der Waals surface area contributed by atoms with Crippen LogP contribution in [0.2, 0.25) is 0 Å². The molecule has 0 aliphatic rings. The summed E-state index contributed by atoms with van der Waals surface area (Å²) in [6.45, 7) is 4.03. The Hall–Kier alpha value is -2.30. The van der Waals surface area contributed by atoms with E-state index in [0.29, 0.717) is 18.9 Å². The van der Waals surface area contributed by atoms with Crippen LogP contribution >= 0.6 is 0 Å². The molecule has 5 nitrogen and oxygen atoms in total. The lowest BCUT2D eigenvalue weighted by Crippen LogP contribution is -2.24. The lowest BCUT2D eigenvalue weighted by Gasteiger charge is -2.05. The smallest absolute Gasteiger partial charge is 0.224 e. The van der Waals surface area contributed by atoms with Gasteiger partial charge >= 0.3 is 0 Å². The van der Waals surface area contributed by atoms with Crippen LogP contribution in [-0.2, 0) is 17.8 Å². The van der Waals surface area contributed by atoms with Crippen LogP contribution < -0.4 is 10.1 Å². The summed E-state index contributed by atoms with van der Waals surface area (Å²) < 4.78 is 10.5. The Kier molecular flexibility index (Phi) is 4.40. The number of hydrogen-bond acceptors (Lipinski definition) is 4. The van der Waals surface area contributed by atoms with Crippen LogP contribution in [0.3, 0.4) is 0 Å². The van der Waals surface area contributed by atoms with Gasteiger partial charge in [0.25, 0.3) is 0 Å². The predicted octanol–water partition coefficient (Wildman–Crippen LogP) is 2.16. The van der Waals surface area contributed by atoms with E-state index in [4.69, 9.17) is 9.15 Å². The topological polar surface area (TPSA) is 64.4 Å². The number of carbonyl (C=O) groups is 1. The molecule has 1 aromatic carbocycles. The number of aryl methyl sites for hydroxylation is 2. The van der Waals surface area contributed by atoms with E-state index in [9.17, 15) is 4.79 Å². The fourth-order valence-corrected chi connectivity index (χ4v) is 1.82. The van der Waals surface area contributed by atoms with E-state index in [0.717, 1.165) is 22.8 Å². The number of methoxy groups -OCH3 is 1. The molecule has 0 fully saturated rings. The largest absolute Gasteiger partial charge is 0.497 e. The van der Waals surface area contributed by atoms with Crippen molar-refractivity contribution in [2.24, 2.45) is 0 Å². The van der Waals surface area contributed by atoms with Crippen LogP contribution in [0.25, 0.3) is 0 Å². The van der Waals surface area contributed by atoms with Gasteiger partial charge in [0.05, 0.1) is 25.8 Å². The molecule has 0 atom stereocenters. The molecule has 1 N–H and O–H groups in total. The predicted molar refractivity (Wildman–Crippen MR) is 74.5 cm³/mol. The van der Waals surface area contributed by atoms with E-state index in [1.807, 2.05) is 38.1 Å². The summed E-state index contributed by atoms with van der Waals surface area (Å²) in [6, 6.07) is 7.45. The number of hydrogen-bond donors (Lipinski definition) is 1. The van der Waals surface area contributed by atoms with E-state index >= 15 is 0 Å². The first kappa shape index (κ1) is 14.1. The van der Waals surface area contributed by atoms with Crippen LogP contribution in [0.5, 0.6) is 5.75 Å². The molecule has 5 heteroatoms. The summed E-state index contributed by atoms with van der Waals surface area (Å²) in [5.41, 5.74) is 1.75. The molecule has 2 aromatic rings. The number of carbonyl (C=O) groups excluding carboxylic acids is 1. The third kappa shape index (κ3) is 3.60. The Morgan fingerprint density at radius 1 is 1.40 bits per heavy atom. The quantitative estimate of drug-likeness (QED) is 0.907. The SMILES string of the molecule is COc1cccc(CC(=O)NCc2nc(C)c(C)o2)c1. The van der Waals surface area contributed by atoms with E-state index < -0.39 is 0 Å². The Labute approximate surface area is 118 Å². The van der Waals surface area contributed by atoms with Crippen molar-refractivity contribution in [3.8, 4) is 5.75 Å². The minimum absolute atomic E-state index is 0.0771. The van der Waals surface area contributed by atoms with Crippen LogP contribution in [0.4, 0.5) is 0 Å². The van der Waals surface area contributed by atoms with E-state index in [1.165, 1.54) is 0 Å². The van der Waals surface area contributed by atoms with Crippen LogP contribution in [0.15, 0.2) is 28.7 Å². The minimum atomic E-state index is -0.0771. The molecule has 0 unspecified atom stereocenters. The average molecular weight is 274 g/mol. The Balaban J connectivity index is 1.89. The van der Waals surface area contributed by atoms with Crippen molar-refractivity contribution in [2.75, 3.05) is 7.11 Å². The second-order valence-electron chi connectivity index (χ2n) is 4.55. The van der Waals surface area contributed by atoms with Gasteiger partial charge in [0.15, 0.2) is 0 Å². The molecule has 0 saturated heterocycles. The van der Waals surface area contributed by atoms with Crippen molar-refractivity contribution < 1.29 is 13.9 Å². The number of amides is 1. The Morgan fingerprint density at radius 2 is 2.20 bits per heavy atom. The molecule has 0 spiro atoms. The highest BCUT2D eigenvalue weighted by atomic mass is 16.5. The van der Waals surface area contributed by atoms with Gasteiger partial charge in [-0.3, -0.25) is 4.79 Å². The van der Waals surface area contributed by atoms with Gasteiger partial charge in [0.1, 0.15) is 11.5 Å². The number of rotatable bonds is 5. The number of oxazole rings is 1. The molecule has 0 aliphatic heterocycles. The highest BCUT2D eigenvalue weighted by Gasteiger charge is 2.08. The molecule has 20 heavy (non-hydrogen) atoms. The highest BCUT2D eigenvalue weighted by Crippen LogP contribution is 2.13. The molecule has 1 aromatic heterocycles. The Morgan fingerprint density at radius 3 is 2.85 bits per heavy atom. The summed E-state index contributed by atoms with van der Waals surface area (Å²) in [5.74, 6) is 1.97. The van der Waals surface area contributed by atoms with Crippen LogP contribution in [-0.4, -0.2) is 18.0 Å². The fraction of sp³-hybridized carbons (Fsp3) is 0.333. The normalized spacial score (nSPS) is 10.3. The molecular formula is C15H18N2O3. The maximum Gasteiger partial charge on any atom is 0.224 e. The lowest BCUT2D eigenvalue weighted by molar-refractivity contribution is -0.120. The molecule has 0 saturated carbocycles. The first-order valence-electron chi connectivity index (χ1n) is 6.41. The van der Waals surface area contributed by atoms with Crippen LogP contribution in [0.1, 0.15) is 22.9 Å². The van der Waals surface area contributed by atoms with Gasteiger partial charge in [-0.2, -0.15) is 0 Å². The maximum absolute atomic E-state index is 11.9. The number of nitrogens with one attached hydrogen (secondary N) is 1. The lowest BCUT2D eigenvalue weighted by atomic mass is 10.1. The van der Waals surface area contributed by atoms with E-state index in [1.54, 1.807) is 7.11 Å². The maximum atomic E-state index is 11.9. The van der Waals surface area contributed by atoms with Crippen LogP contribution in [0, 0.1) is 13.8 Å². The van der Waals surface area contributed by atoms with Gasteiger partial charge in [0.2, 0.25) is 11.8 Å². The molecule has 2 rings (SSSR count). The summed E-state index contributed by atoms with van der Waals surface area (Å²) in [7, 11) is 1.60. The van der Waals surface area contributed by atoms with Gasteiger partial charge in [-0.05, 0) is 31.5 Å². The van der Waals surface area contributed by atoms with Crippen molar-refractivity contribution in [1.29, 1.82) is 0 Å². The van der Waals surface area contributed by atoms with E-state index in [-0.39, 0.29) is 5.91 Å². The number of ether oxygens (including phenoxy) is 1. The Bertz CT molecular complexity index is 585. The summed E-state index contributed by atoms with van der Waals surface area (Å²) in [4.78, 5) is 16.1. The van der Waals surface area contributed by atoms with Gasteiger partial charge < -0.3 is 14.5 Å². The van der Waals surface area contributed by atoms with Crippen molar-refractivity contribution in [3.05, 3.63) is 47.2 Å².